The van der Waals surface area contributed by atoms with E-state index >= 15 is 0 Å². The van der Waals surface area contributed by atoms with Gasteiger partial charge >= 0.3 is 0 Å². The molecule has 0 aliphatic heterocycles. The second-order valence-corrected chi connectivity index (χ2v) is 3.68. The monoisotopic (exact) mass is 184 g/mol. The first kappa shape index (κ1) is 9.87. The Labute approximate surface area is 79.1 Å². The Bertz CT molecular complexity index is 151. The fraction of sp³-hybridized carbons (Fsp3) is 0.600. The van der Waals surface area contributed by atoms with Gasteiger partial charge in [0.05, 0.1) is 6.61 Å². The third kappa shape index (κ3) is 3.98. The van der Waals surface area contributed by atoms with Crippen LogP contribution in [0, 0.1) is 5.92 Å². The highest BCUT2D eigenvalue weighted by molar-refractivity contribution is 7.94. The van der Waals surface area contributed by atoms with Gasteiger partial charge in [0, 0.05) is 5.75 Å². The van der Waals surface area contributed by atoms with Crippen molar-refractivity contribution in [1.82, 2.24) is 0 Å². The lowest BCUT2D eigenvalue weighted by Crippen LogP contribution is -1.91. The van der Waals surface area contributed by atoms with Gasteiger partial charge in [-0.25, -0.2) is 0 Å². The van der Waals surface area contributed by atoms with Gasteiger partial charge in [0.2, 0.25) is 0 Å². The van der Waals surface area contributed by atoms with E-state index in [1.54, 1.807) is 12.0 Å². The molecular weight excluding hydrogens is 168 g/mol. The summed E-state index contributed by atoms with van der Waals surface area (Å²) >= 11 is 1.59. The second-order valence-electron chi connectivity index (χ2n) is 2.80. The van der Waals surface area contributed by atoms with Crippen LogP contribution >= 0.6 is 12.0 Å². The zero-order valence-corrected chi connectivity index (χ0v) is 8.35. The Morgan fingerprint density at radius 2 is 2.08 bits per heavy atom. The van der Waals surface area contributed by atoms with Crippen LogP contribution in [-0.2, 0) is 4.18 Å². The van der Waals surface area contributed by atoms with Crippen LogP contribution < -0.4 is 0 Å². The summed E-state index contributed by atoms with van der Waals surface area (Å²) in [6, 6.07) is 0. The van der Waals surface area contributed by atoms with Crippen molar-refractivity contribution in [2.75, 3.05) is 12.4 Å². The summed E-state index contributed by atoms with van der Waals surface area (Å²) in [6.45, 7) is 2.84. The van der Waals surface area contributed by atoms with Crippen LogP contribution in [0.3, 0.4) is 0 Å². The predicted octanol–water partition coefficient (Wildman–Crippen LogP) is 3.19. The average Bonchev–Trinajstić information content (AvgIpc) is 2.57. The summed E-state index contributed by atoms with van der Waals surface area (Å²) in [6.07, 6.45) is 11.3. The minimum atomic E-state index is 0.687. The van der Waals surface area contributed by atoms with Crippen LogP contribution in [0.25, 0.3) is 0 Å². The lowest BCUT2D eigenvalue weighted by molar-refractivity contribution is 0.401. The van der Waals surface area contributed by atoms with Crippen LogP contribution in [0.4, 0.5) is 0 Å². The predicted molar refractivity (Wildman–Crippen MR) is 55.1 cm³/mol. The maximum absolute atomic E-state index is 5.18. The molecule has 0 aromatic rings. The van der Waals surface area contributed by atoms with Gasteiger partial charge < -0.3 is 4.18 Å². The molecule has 0 heterocycles. The summed E-state index contributed by atoms with van der Waals surface area (Å²) in [5.74, 6) is 1.80. The van der Waals surface area contributed by atoms with E-state index in [9.17, 15) is 0 Å². The largest absolute Gasteiger partial charge is 0.316 e. The van der Waals surface area contributed by atoms with Gasteiger partial charge in [-0.05, 0) is 37.7 Å². The van der Waals surface area contributed by atoms with Crippen LogP contribution in [0.5, 0.6) is 0 Å². The van der Waals surface area contributed by atoms with Gasteiger partial charge in [-0.1, -0.05) is 24.3 Å². The van der Waals surface area contributed by atoms with E-state index in [1.807, 2.05) is 6.92 Å². The van der Waals surface area contributed by atoms with E-state index in [0.717, 1.165) is 12.4 Å². The van der Waals surface area contributed by atoms with E-state index in [1.165, 1.54) is 12.8 Å². The fourth-order valence-electron chi connectivity index (χ4n) is 1.19. The smallest absolute Gasteiger partial charge is 0.0585 e. The van der Waals surface area contributed by atoms with E-state index < -0.39 is 0 Å². The first-order valence-corrected chi connectivity index (χ1v) is 5.44. The van der Waals surface area contributed by atoms with Crippen molar-refractivity contribution in [3.8, 4) is 0 Å². The van der Waals surface area contributed by atoms with E-state index in [4.69, 9.17) is 4.18 Å². The molecule has 0 N–H and O–H groups in total. The van der Waals surface area contributed by atoms with Gasteiger partial charge in [-0.15, -0.1) is 0 Å². The van der Waals surface area contributed by atoms with Crippen molar-refractivity contribution in [2.45, 2.75) is 19.8 Å². The molecule has 0 bridgehead atoms. The fourth-order valence-corrected chi connectivity index (χ4v) is 1.76. The maximum Gasteiger partial charge on any atom is 0.0585 e. The molecule has 1 aliphatic carbocycles. The third-order valence-electron chi connectivity index (χ3n) is 1.79. The molecule has 1 nitrogen and oxygen atoms in total. The highest BCUT2D eigenvalue weighted by atomic mass is 32.2. The highest BCUT2D eigenvalue weighted by Crippen LogP contribution is 2.17. The van der Waals surface area contributed by atoms with Crippen LogP contribution in [0.2, 0.25) is 0 Å². The number of hydrogen-bond acceptors (Lipinski definition) is 2. The second kappa shape index (κ2) is 6.32. The molecule has 1 rings (SSSR count). The SMILES string of the molecule is CCOSCCCC1C=CC=C1. The Morgan fingerprint density at radius 3 is 2.75 bits per heavy atom. The molecule has 0 spiro atoms. The standard InChI is InChI=1S/C10H16OS/c1-2-11-12-9-5-8-10-6-3-4-7-10/h3-4,6-7,10H,2,5,8-9H2,1H3. The van der Waals surface area contributed by atoms with E-state index in [0.29, 0.717) is 5.92 Å². The summed E-state index contributed by atoms with van der Waals surface area (Å²) in [5.41, 5.74) is 0. The quantitative estimate of drug-likeness (QED) is 0.463. The molecule has 2 heteroatoms. The van der Waals surface area contributed by atoms with Crippen LogP contribution in [0.1, 0.15) is 19.8 Å². The molecular formula is C10H16OS. The van der Waals surface area contributed by atoms with Gasteiger partial charge in [0.25, 0.3) is 0 Å². The van der Waals surface area contributed by atoms with Gasteiger partial charge in [-0.3, -0.25) is 0 Å². The minimum Gasteiger partial charge on any atom is -0.316 e. The normalized spacial score (nSPS) is 16.1. The van der Waals surface area contributed by atoms with Gasteiger partial charge in [-0.2, -0.15) is 0 Å². The van der Waals surface area contributed by atoms with Crippen LogP contribution in [0.15, 0.2) is 24.3 Å². The molecule has 12 heavy (non-hydrogen) atoms. The Kier molecular flexibility index (Phi) is 5.20. The molecule has 0 amide bonds. The Morgan fingerprint density at radius 1 is 1.33 bits per heavy atom. The Hall–Kier alpha value is -0.210. The van der Waals surface area contributed by atoms with Crippen LogP contribution in [-0.4, -0.2) is 12.4 Å². The zero-order chi connectivity index (χ0) is 8.65. The molecule has 0 aromatic carbocycles. The lowest BCUT2D eigenvalue weighted by Gasteiger charge is -2.03. The molecule has 0 radical (unpaired) electrons. The first-order valence-electron chi connectivity index (χ1n) is 4.53. The third-order valence-corrected chi connectivity index (χ3v) is 2.65. The van der Waals surface area contributed by atoms with Crippen molar-refractivity contribution >= 4 is 12.0 Å². The molecule has 0 unspecified atom stereocenters. The summed E-state index contributed by atoms with van der Waals surface area (Å²) in [7, 11) is 0. The van der Waals surface area contributed by atoms with Crippen molar-refractivity contribution in [1.29, 1.82) is 0 Å². The summed E-state index contributed by atoms with van der Waals surface area (Å²) in [4.78, 5) is 0. The number of allylic oxidation sites excluding steroid dienone is 4. The molecule has 0 atom stereocenters. The molecule has 0 fully saturated rings. The molecule has 0 aromatic heterocycles. The minimum absolute atomic E-state index is 0.687. The summed E-state index contributed by atoms with van der Waals surface area (Å²) in [5, 5.41) is 0. The van der Waals surface area contributed by atoms with Crippen molar-refractivity contribution in [2.24, 2.45) is 5.92 Å². The van der Waals surface area contributed by atoms with Crippen molar-refractivity contribution in [3.05, 3.63) is 24.3 Å². The topological polar surface area (TPSA) is 9.23 Å². The number of rotatable bonds is 6. The molecule has 0 saturated carbocycles. The van der Waals surface area contributed by atoms with Crippen molar-refractivity contribution in [3.63, 3.8) is 0 Å². The zero-order valence-electron chi connectivity index (χ0n) is 7.53. The molecule has 68 valence electrons. The van der Waals surface area contributed by atoms with Crippen molar-refractivity contribution < 1.29 is 4.18 Å². The number of hydrogen-bond donors (Lipinski definition) is 0. The van der Waals surface area contributed by atoms with Gasteiger partial charge in [0.1, 0.15) is 0 Å². The van der Waals surface area contributed by atoms with E-state index in [-0.39, 0.29) is 0 Å². The first-order chi connectivity index (χ1) is 5.93. The summed E-state index contributed by atoms with van der Waals surface area (Å²) < 4.78 is 5.18. The van der Waals surface area contributed by atoms with Gasteiger partial charge in [0.15, 0.2) is 0 Å². The average molecular weight is 184 g/mol. The lowest BCUT2D eigenvalue weighted by atomic mass is 10.1. The Balaban J connectivity index is 1.89. The highest BCUT2D eigenvalue weighted by Gasteiger charge is 2.02. The molecule has 0 saturated heterocycles. The van der Waals surface area contributed by atoms with E-state index in [2.05, 4.69) is 24.3 Å². The maximum atomic E-state index is 5.18. The molecule has 1 aliphatic rings.